The lowest BCUT2D eigenvalue weighted by atomic mass is 10.0. The molecule has 0 radical (unpaired) electrons. The maximum Gasteiger partial charge on any atom is 0.122 e. The summed E-state index contributed by atoms with van der Waals surface area (Å²) in [7, 11) is 5.85. The molecule has 0 aromatic heterocycles. The summed E-state index contributed by atoms with van der Waals surface area (Å²) >= 11 is 0. The number of nitrogens with zero attached hydrogens (tertiary/aromatic N) is 1. The Kier molecular flexibility index (Phi) is 5.03. The first-order valence-electron chi connectivity index (χ1n) is 6.50. The van der Waals surface area contributed by atoms with Crippen molar-refractivity contribution in [1.82, 2.24) is 5.32 Å². The summed E-state index contributed by atoms with van der Waals surface area (Å²) < 4.78 is 5.36. The minimum atomic E-state index is 0.0983. The average molecular weight is 250 g/mol. The van der Waals surface area contributed by atoms with Gasteiger partial charge in [-0.05, 0) is 51.1 Å². The van der Waals surface area contributed by atoms with Crippen LogP contribution in [0.4, 0.5) is 5.69 Å². The van der Waals surface area contributed by atoms with E-state index in [9.17, 15) is 0 Å². The SMILES string of the molecule is CCc1cc(N(C)CC(C)(C)NC)ccc1OC. The van der Waals surface area contributed by atoms with Gasteiger partial charge >= 0.3 is 0 Å². The summed E-state index contributed by atoms with van der Waals surface area (Å²) in [6.07, 6.45) is 0.986. The molecule has 3 nitrogen and oxygen atoms in total. The maximum absolute atomic E-state index is 5.36. The highest BCUT2D eigenvalue weighted by atomic mass is 16.5. The number of nitrogens with one attached hydrogen (secondary N) is 1. The van der Waals surface area contributed by atoms with Crippen molar-refractivity contribution in [2.45, 2.75) is 32.7 Å². The van der Waals surface area contributed by atoms with Crippen molar-refractivity contribution >= 4 is 5.69 Å². The highest BCUT2D eigenvalue weighted by Gasteiger charge is 2.18. The monoisotopic (exact) mass is 250 g/mol. The maximum atomic E-state index is 5.36. The molecule has 0 aliphatic heterocycles. The van der Waals surface area contributed by atoms with Crippen molar-refractivity contribution in [2.24, 2.45) is 0 Å². The van der Waals surface area contributed by atoms with Crippen LogP contribution >= 0.6 is 0 Å². The van der Waals surface area contributed by atoms with E-state index in [0.717, 1.165) is 18.7 Å². The zero-order valence-corrected chi connectivity index (χ0v) is 12.5. The lowest BCUT2D eigenvalue weighted by Gasteiger charge is -2.31. The summed E-state index contributed by atoms with van der Waals surface area (Å²) in [5.74, 6) is 0.975. The van der Waals surface area contributed by atoms with E-state index in [0.29, 0.717) is 0 Å². The molecule has 0 saturated heterocycles. The molecule has 1 rings (SSSR count). The van der Waals surface area contributed by atoms with Crippen LogP contribution in [0.1, 0.15) is 26.3 Å². The van der Waals surface area contributed by atoms with Crippen LogP contribution in [0.5, 0.6) is 5.75 Å². The Labute approximate surface area is 111 Å². The number of benzene rings is 1. The van der Waals surface area contributed by atoms with Gasteiger partial charge in [-0.15, -0.1) is 0 Å². The van der Waals surface area contributed by atoms with E-state index in [-0.39, 0.29) is 5.54 Å². The molecule has 0 saturated carbocycles. The van der Waals surface area contributed by atoms with E-state index in [2.05, 4.69) is 56.2 Å². The summed E-state index contributed by atoms with van der Waals surface area (Å²) in [5.41, 5.74) is 2.58. The molecule has 0 unspecified atom stereocenters. The highest BCUT2D eigenvalue weighted by molar-refractivity contribution is 5.53. The summed E-state index contributed by atoms with van der Waals surface area (Å²) in [4.78, 5) is 2.27. The predicted octanol–water partition coefficient (Wildman–Crippen LogP) is 2.69. The fraction of sp³-hybridized carbons (Fsp3) is 0.600. The first-order valence-corrected chi connectivity index (χ1v) is 6.50. The van der Waals surface area contributed by atoms with E-state index in [1.54, 1.807) is 7.11 Å². The first kappa shape index (κ1) is 14.8. The zero-order valence-electron chi connectivity index (χ0n) is 12.5. The lowest BCUT2D eigenvalue weighted by molar-refractivity contribution is 0.409. The Hall–Kier alpha value is -1.22. The van der Waals surface area contributed by atoms with E-state index < -0.39 is 0 Å². The third kappa shape index (κ3) is 3.64. The number of rotatable bonds is 6. The van der Waals surface area contributed by atoms with Crippen molar-refractivity contribution in [3.05, 3.63) is 23.8 Å². The van der Waals surface area contributed by atoms with Gasteiger partial charge in [0.25, 0.3) is 0 Å². The van der Waals surface area contributed by atoms with Crippen LogP contribution < -0.4 is 15.0 Å². The molecule has 0 spiro atoms. The largest absolute Gasteiger partial charge is 0.496 e. The van der Waals surface area contributed by atoms with Gasteiger partial charge in [0.05, 0.1) is 7.11 Å². The van der Waals surface area contributed by atoms with Gasteiger partial charge in [0.1, 0.15) is 5.75 Å². The Balaban J connectivity index is 2.90. The van der Waals surface area contributed by atoms with Gasteiger partial charge in [-0.25, -0.2) is 0 Å². The third-order valence-corrected chi connectivity index (χ3v) is 3.39. The average Bonchev–Trinajstić information content (AvgIpc) is 2.37. The number of likely N-dealkylation sites (N-methyl/N-ethyl adjacent to an activating group) is 2. The minimum absolute atomic E-state index is 0.0983. The minimum Gasteiger partial charge on any atom is -0.496 e. The molecule has 0 atom stereocenters. The fourth-order valence-electron chi connectivity index (χ4n) is 2.04. The molecule has 1 aromatic carbocycles. The Morgan fingerprint density at radius 1 is 1.33 bits per heavy atom. The first-order chi connectivity index (χ1) is 8.43. The van der Waals surface area contributed by atoms with Gasteiger partial charge in [0.2, 0.25) is 0 Å². The second-order valence-corrected chi connectivity index (χ2v) is 5.34. The fourth-order valence-corrected chi connectivity index (χ4v) is 2.04. The summed E-state index contributed by atoms with van der Waals surface area (Å²) in [6, 6.07) is 6.38. The van der Waals surface area contributed by atoms with Crippen LogP contribution in [0.2, 0.25) is 0 Å². The molecule has 0 aliphatic carbocycles. The van der Waals surface area contributed by atoms with E-state index >= 15 is 0 Å². The summed E-state index contributed by atoms with van der Waals surface area (Å²) in [6.45, 7) is 7.51. The number of methoxy groups -OCH3 is 1. The third-order valence-electron chi connectivity index (χ3n) is 3.39. The van der Waals surface area contributed by atoms with Crippen LogP contribution in [-0.4, -0.2) is 33.3 Å². The lowest BCUT2D eigenvalue weighted by Crippen LogP contribution is -2.46. The van der Waals surface area contributed by atoms with Crippen molar-refractivity contribution < 1.29 is 4.74 Å². The second-order valence-electron chi connectivity index (χ2n) is 5.34. The van der Waals surface area contributed by atoms with Crippen LogP contribution in [0.25, 0.3) is 0 Å². The van der Waals surface area contributed by atoms with Crippen LogP contribution in [0.3, 0.4) is 0 Å². The van der Waals surface area contributed by atoms with Crippen LogP contribution in [-0.2, 0) is 6.42 Å². The van der Waals surface area contributed by atoms with Crippen molar-refractivity contribution in [2.75, 3.05) is 32.6 Å². The number of ether oxygens (including phenoxy) is 1. The molecule has 0 heterocycles. The van der Waals surface area contributed by atoms with Gasteiger partial charge in [-0.1, -0.05) is 6.92 Å². The molecule has 0 bridgehead atoms. The van der Waals surface area contributed by atoms with E-state index in [1.807, 2.05) is 7.05 Å². The molecule has 3 heteroatoms. The van der Waals surface area contributed by atoms with Crippen LogP contribution in [0.15, 0.2) is 18.2 Å². The van der Waals surface area contributed by atoms with Crippen molar-refractivity contribution in [3.63, 3.8) is 0 Å². The van der Waals surface area contributed by atoms with Gasteiger partial charge in [-0.3, -0.25) is 0 Å². The predicted molar refractivity (Wildman–Crippen MR) is 78.8 cm³/mol. The number of hydrogen-bond donors (Lipinski definition) is 1. The molecule has 0 amide bonds. The topological polar surface area (TPSA) is 24.5 Å². The van der Waals surface area contributed by atoms with Crippen molar-refractivity contribution in [1.29, 1.82) is 0 Å². The molecular formula is C15H26N2O. The number of anilines is 1. The van der Waals surface area contributed by atoms with Gasteiger partial charge in [0, 0.05) is 24.8 Å². The normalized spacial score (nSPS) is 11.4. The quantitative estimate of drug-likeness (QED) is 0.840. The van der Waals surface area contributed by atoms with Gasteiger partial charge in [0.15, 0.2) is 0 Å². The van der Waals surface area contributed by atoms with E-state index in [4.69, 9.17) is 4.74 Å². The Morgan fingerprint density at radius 2 is 2.00 bits per heavy atom. The van der Waals surface area contributed by atoms with Gasteiger partial charge < -0.3 is 15.0 Å². The Bertz CT molecular complexity index is 388. The highest BCUT2D eigenvalue weighted by Crippen LogP contribution is 2.25. The molecule has 102 valence electrons. The molecule has 0 fully saturated rings. The smallest absolute Gasteiger partial charge is 0.122 e. The standard InChI is InChI=1S/C15H26N2O/c1-7-12-10-13(8-9-14(12)18-6)17(5)11-15(2,3)16-4/h8-10,16H,7,11H2,1-6H3. The zero-order chi connectivity index (χ0) is 13.8. The summed E-state index contributed by atoms with van der Waals surface area (Å²) in [5, 5.41) is 3.33. The number of hydrogen-bond acceptors (Lipinski definition) is 3. The van der Waals surface area contributed by atoms with E-state index in [1.165, 1.54) is 11.3 Å². The van der Waals surface area contributed by atoms with Gasteiger partial charge in [-0.2, -0.15) is 0 Å². The molecule has 18 heavy (non-hydrogen) atoms. The van der Waals surface area contributed by atoms with Crippen LogP contribution in [0, 0.1) is 0 Å². The van der Waals surface area contributed by atoms with Crippen molar-refractivity contribution in [3.8, 4) is 5.75 Å². The molecule has 0 aliphatic rings. The Morgan fingerprint density at radius 3 is 2.50 bits per heavy atom. The molecular weight excluding hydrogens is 224 g/mol. The molecule has 1 aromatic rings. The second kappa shape index (κ2) is 6.10. The number of aryl methyl sites for hydroxylation is 1. The molecule has 1 N–H and O–H groups in total.